The molecule has 2 aromatic heterocycles. The smallest absolute Gasteiger partial charge is 0.163 e. The minimum atomic E-state index is -0.399. The van der Waals surface area contributed by atoms with Gasteiger partial charge in [-0.05, 0) is 37.7 Å². The second-order valence-electron chi connectivity index (χ2n) is 8.03. The molecule has 0 radical (unpaired) electrons. The number of aromatic nitrogens is 3. The topological polar surface area (TPSA) is 55.7 Å². The van der Waals surface area contributed by atoms with E-state index in [1.54, 1.807) is 6.20 Å². The molecule has 6 heteroatoms. The minimum Gasteiger partial charge on any atom is -0.299 e. The SMILES string of the molecule is CCCC(=O)[C@H]1CCCC[C@@H]1Cc1nc(C2=CCc3ncc(Cl)cc32)ncc1F. The van der Waals surface area contributed by atoms with Crippen LogP contribution in [-0.4, -0.2) is 20.7 Å². The average molecular weight is 414 g/mol. The fraction of sp³-hybridized carbons (Fsp3) is 0.478. The molecule has 4 nitrogen and oxygen atoms in total. The van der Waals surface area contributed by atoms with Crippen molar-refractivity contribution in [2.45, 2.75) is 58.3 Å². The van der Waals surface area contributed by atoms with Crippen molar-refractivity contribution in [1.29, 1.82) is 0 Å². The summed E-state index contributed by atoms with van der Waals surface area (Å²) in [5.74, 6) is 0.595. The van der Waals surface area contributed by atoms with E-state index in [2.05, 4.69) is 15.0 Å². The maximum absolute atomic E-state index is 14.6. The van der Waals surface area contributed by atoms with Crippen LogP contribution >= 0.6 is 11.6 Å². The maximum Gasteiger partial charge on any atom is 0.163 e. The van der Waals surface area contributed by atoms with Gasteiger partial charge >= 0.3 is 0 Å². The Kier molecular flexibility index (Phi) is 6.04. The lowest BCUT2D eigenvalue weighted by Gasteiger charge is -2.30. The third-order valence-corrected chi connectivity index (χ3v) is 6.27. The third-order valence-electron chi connectivity index (χ3n) is 6.06. The summed E-state index contributed by atoms with van der Waals surface area (Å²) in [6, 6.07) is 1.86. The number of ketones is 1. The van der Waals surface area contributed by atoms with Crippen LogP contribution in [0.5, 0.6) is 0 Å². The molecular weight excluding hydrogens is 389 g/mol. The van der Waals surface area contributed by atoms with Gasteiger partial charge in [-0.25, -0.2) is 14.4 Å². The summed E-state index contributed by atoms with van der Waals surface area (Å²) in [5.41, 5.74) is 3.08. The van der Waals surface area contributed by atoms with E-state index < -0.39 is 5.82 Å². The summed E-state index contributed by atoms with van der Waals surface area (Å²) in [6.45, 7) is 2.03. The van der Waals surface area contributed by atoms with E-state index in [0.717, 1.165) is 48.9 Å². The number of carbonyl (C=O) groups is 1. The van der Waals surface area contributed by atoms with Crippen molar-refractivity contribution in [3.8, 4) is 0 Å². The Bertz CT molecular complexity index is 959. The second-order valence-corrected chi connectivity index (χ2v) is 8.47. The van der Waals surface area contributed by atoms with Crippen molar-refractivity contribution in [3.63, 3.8) is 0 Å². The van der Waals surface area contributed by atoms with Crippen LogP contribution in [0.1, 0.15) is 68.2 Å². The van der Waals surface area contributed by atoms with Crippen LogP contribution in [0.4, 0.5) is 4.39 Å². The van der Waals surface area contributed by atoms with Gasteiger partial charge in [-0.1, -0.05) is 37.4 Å². The van der Waals surface area contributed by atoms with Crippen LogP contribution in [0.2, 0.25) is 5.02 Å². The summed E-state index contributed by atoms with van der Waals surface area (Å²) in [4.78, 5) is 25.8. The lowest BCUT2D eigenvalue weighted by atomic mass is 9.74. The van der Waals surface area contributed by atoms with Gasteiger partial charge in [0.25, 0.3) is 0 Å². The van der Waals surface area contributed by atoms with Crippen molar-refractivity contribution in [2.75, 3.05) is 0 Å². The molecule has 29 heavy (non-hydrogen) atoms. The predicted octanol–water partition coefficient (Wildman–Crippen LogP) is 5.37. The molecule has 1 fully saturated rings. The van der Waals surface area contributed by atoms with E-state index in [1.807, 2.05) is 19.1 Å². The largest absolute Gasteiger partial charge is 0.299 e. The second kappa shape index (κ2) is 8.70. The van der Waals surface area contributed by atoms with Crippen molar-refractivity contribution in [2.24, 2.45) is 11.8 Å². The quantitative estimate of drug-likeness (QED) is 0.638. The number of hydrogen-bond donors (Lipinski definition) is 0. The lowest BCUT2D eigenvalue weighted by molar-refractivity contribution is -0.125. The highest BCUT2D eigenvalue weighted by Gasteiger charge is 2.31. The maximum atomic E-state index is 14.6. The summed E-state index contributed by atoms with van der Waals surface area (Å²) in [6.07, 6.45) is 11.5. The van der Waals surface area contributed by atoms with Gasteiger partial charge in [-0.3, -0.25) is 9.78 Å². The lowest BCUT2D eigenvalue weighted by Crippen LogP contribution is -2.29. The minimum absolute atomic E-state index is 0.0240. The number of fused-ring (bicyclic) bond motifs is 1. The van der Waals surface area contributed by atoms with Gasteiger partial charge in [0.1, 0.15) is 5.78 Å². The molecule has 0 unspecified atom stereocenters. The van der Waals surface area contributed by atoms with E-state index in [4.69, 9.17) is 11.6 Å². The van der Waals surface area contributed by atoms with E-state index in [0.29, 0.717) is 41.6 Å². The number of pyridine rings is 1. The van der Waals surface area contributed by atoms with Gasteiger partial charge in [0.15, 0.2) is 11.6 Å². The van der Waals surface area contributed by atoms with Gasteiger partial charge in [0, 0.05) is 36.1 Å². The molecule has 0 bridgehead atoms. The van der Waals surface area contributed by atoms with E-state index >= 15 is 0 Å². The number of halogens is 2. The van der Waals surface area contributed by atoms with E-state index in [-0.39, 0.29) is 11.8 Å². The molecule has 2 aliphatic carbocycles. The number of hydrogen-bond acceptors (Lipinski definition) is 4. The molecule has 0 aromatic carbocycles. The molecule has 2 atom stereocenters. The van der Waals surface area contributed by atoms with Crippen LogP contribution in [-0.2, 0) is 17.6 Å². The zero-order valence-corrected chi connectivity index (χ0v) is 17.4. The monoisotopic (exact) mass is 413 g/mol. The average Bonchev–Trinajstić information content (AvgIpc) is 3.13. The standard InChI is InChI=1S/C23H25ClFN3O/c1-2-5-22(29)16-7-4-3-6-14(16)10-21-19(25)13-27-23(28-21)17-8-9-20-18(17)11-15(24)12-26-20/h8,11-14,16H,2-7,9-10H2,1H3/t14-,16+/m1/s1. The molecule has 0 spiro atoms. The van der Waals surface area contributed by atoms with Gasteiger partial charge in [0.2, 0.25) is 0 Å². The van der Waals surface area contributed by atoms with E-state index in [1.165, 1.54) is 6.20 Å². The molecule has 0 aliphatic heterocycles. The summed E-state index contributed by atoms with van der Waals surface area (Å²) >= 11 is 6.11. The fourth-order valence-electron chi connectivity index (χ4n) is 4.62. The first-order chi connectivity index (χ1) is 14.1. The number of allylic oxidation sites excluding steroid dienone is 1. The van der Waals surface area contributed by atoms with E-state index in [9.17, 15) is 9.18 Å². The summed E-state index contributed by atoms with van der Waals surface area (Å²) < 4.78 is 14.6. The highest BCUT2D eigenvalue weighted by Crippen LogP contribution is 2.35. The van der Waals surface area contributed by atoms with Crippen LogP contribution in [0.25, 0.3) is 5.57 Å². The Hall–Kier alpha value is -2.14. The zero-order valence-electron chi connectivity index (χ0n) is 16.6. The molecule has 2 aromatic rings. The first-order valence-corrected chi connectivity index (χ1v) is 10.8. The fourth-order valence-corrected chi connectivity index (χ4v) is 4.77. The molecule has 2 heterocycles. The summed E-state index contributed by atoms with van der Waals surface area (Å²) in [5, 5.41) is 0.554. The number of carbonyl (C=O) groups excluding carboxylic acids is 1. The van der Waals surface area contributed by atoms with Crippen molar-refractivity contribution in [1.82, 2.24) is 15.0 Å². The van der Waals surface area contributed by atoms with Crippen LogP contribution < -0.4 is 0 Å². The Morgan fingerprint density at radius 2 is 2.07 bits per heavy atom. The first-order valence-electron chi connectivity index (χ1n) is 10.5. The Balaban J connectivity index is 1.60. The third kappa shape index (κ3) is 4.25. The zero-order chi connectivity index (χ0) is 20.4. The molecule has 0 amide bonds. The Labute approximate surface area is 175 Å². The number of Topliss-reactive ketones (excluding diaryl/α,β-unsaturated/α-hetero) is 1. The molecule has 0 saturated heterocycles. The first kappa shape index (κ1) is 20.1. The molecule has 1 saturated carbocycles. The van der Waals surface area contributed by atoms with Crippen molar-refractivity contribution in [3.05, 3.63) is 58.2 Å². The predicted molar refractivity (Wildman–Crippen MR) is 111 cm³/mol. The summed E-state index contributed by atoms with van der Waals surface area (Å²) in [7, 11) is 0. The van der Waals surface area contributed by atoms with Gasteiger partial charge < -0.3 is 0 Å². The van der Waals surface area contributed by atoms with Crippen molar-refractivity contribution < 1.29 is 9.18 Å². The molecular formula is C23H25ClFN3O. The Morgan fingerprint density at radius 3 is 2.90 bits per heavy atom. The normalized spacial score (nSPS) is 21.0. The van der Waals surface area contributed by atoms with Crippen molar-refractivity contribution >= 4 is 23.0 Å². The van der Waals surface area contributed by atoms with Gasteiger partial charge in [-0.15, -0.1) is 0 Å². The van der Waals surface area contributed by atoms with Crippen LogP contribution in [0.15, 0.2) is 24.5 Å². The highest BCUT2D eigenvalue weighted by atomic mass is 35.5. The molecule has 152 valence electrons. The van der Waals surface area contributed by atoms with Gasteiger partial charge in [0.05, 0.1) is 22.6 Å². The van der Waals surface area contributed by atoms with Gasteiger partial charge in [-0.2, -0.15) is 0 Å². The number of rotatable bonds is 6. The highest BCUT2D eigenvalue weighted by molar-refractivity contribution is 6.30. The Morgan fingerprint density at radius 1 is 1.24 bits per heavy atom. The van der Waals surface area contributed by atoms with Crippen LogP contribution in [0, 0.1) is 17.7 Å². The number of nitrogens with zero attached hydrogens (tertiary/aromatic N) is 3. The molecule has 0 N–H and O–H groups in total. The van der Waals surface area contributed by atoms with Crippen LogP contribution in [0.3, 0.4) is 0 Å². The molecule has 2 aliphatic rings. The molecule has 4 rings (SSSR count).